The molecule has 0 saturated heterocycles. The average Bonchev–Trinajstić information content (AvgIpc) is 2.39. The summed E-state index contributed by atoms with van der Waals surface area (Å²) in [6.45, 7) is 2.43. The fourth-order valence-electron chi connectivity index (χ4n) is 1.70. The van der Waals surface area contributed by atoms with Gasteiger partial charge in [-0.1, -0.05) is 15.9 Å². The molecule has 0 aliphatic heterocycles. The lowest BCUT2D eigenvalue weighted by Gasteiger charge is -2.17. The number of halogens is 1. The molecule has 110 valence electrons. The summed E-state index contributed by atoms with van der Waals surface area (Å²) in [5.74, 6) is -0.280. The van der Waals surface area contributed by atoms with Crippen LogP contribution in [-0.4, -0.2) is 36.9 Å². The average molecular weight is 342 g/mol. The molecule has 6 heteroatoms. The number of benzene rings is 1. The Morgan fingerprint density at radius 2 is 2.10 bits per heavy atom. The summed E-state index contributed by atoms with van der Waals surface area (Å²) in [7, 11) is 1.62. The number of likely N-dealkylation sites (N-methyl/N-ethyl adjacent to an activating group) is 1. The van der Waals surface area contributed by atoms with Gasteiger partial charge < -0.3 is 16.0 Å². The topological polar surface area (TPSA) is 75.4 Å². The van der Waals surface area contributed by atoms with E-state index in [1.165, 1.54) is 4.90 Å². The van der Waals surface area contributed by atoms with E-state index in [0.29, 0.717) is 19.4 Å². The highest BCUT2D eigenvalue weighted by molar-refractivity contribution is 9.10. The summed E-state index contributed by atoms with van der Waals surface area (Å²) < 4.78 is 0.960. The highest BCUT2D eigenvalue weighted by Crippen LogP contribution is 2.19. The van der Waals surface area contributed by atoms with E-state index < -0.39 is 0 Å². The number of amides is 2. The van der Waals surface area contributed by atoms with Crippen LogP contribution in [0, 0.1) is 6.92 Å². The minimum absolute atomic E-state index is 0.0406. The number of hydrogen-bond acceptors (Lipinski definition) is 3. The Morgan fingerprint density at radius 3 is 2.70 bits per heavy atom. The van der Waals surface area contributed by atoms with Crippen molar-refractivity contribution in [3.8, 4) is 0 Å². The molecule has 0 bridgehead atoms. The molecule has 0 heterocycles. The fraction of sp³-hybridized carbons (Fsp3) is 0.429. The number of carbonyl (C=O) groups is 2. The van der Waals surface area contributed by atoms with Gasteiger partial charge >= 0.3 is 0 Å². The van der Waals surface area contributed by atoms with Crippen molar-refractivity contribution in [1.29, 1.82) is 0 Å². The Morgan fingerprint density at radius 1 is 1.40 bits per heavy atom. The van der Waals surface area contributed by atoms with Gasteiger partial charge in [-0.15, -0.1) is 0 Å². The molecule has 2 amide bonds. The monoisotopic (exact) mass is 341 g/mol. The molecule has 3 N–H and O–H groups in total. The molecule has 0 unspecified atom stereocenters. The van der Waals surface area contributed by atoms with Crippen molar-refractivity contribution in [2.24, 2.45) is 5.73 Å². The normalized spacial score (nSPS) is 10.2. The number of rotatable bonds is 6. The lowest BCUT2D eigenvalue weighted by molar-refractivity contribution is -0.133. The van der Waals surface area contributed by atoms with E-state index >= 15 is 0 Å². The summed E-state index contributed by atoms with van der Waals surface area (Å²) >= 11 is 3.37. The molecule has 0 saturated carbocycles. The van der Waals surface area contributed by atoms with E-state index in [1.807, 2.05) is 25.1 Å². The Balaban J connectivity index is 2.52. The first-order valence-corrected chi connectivity index (χ1v) is 7.23. The number of nitrogens with zero attached hydrogens (tertiary/aromatic N) is 1. The SMILES string of the molecule is Cc1cc(Br)ccc1NC(=O)CN(C)C(=O)CCCN. The number of anilines is 1. The van der Waals surface area contributed by atoms with Crippen molar-refractivity contribution in [3.05, 3.63) is 28.2 Å². The van der Waals surface area contributed by atoms with Crippen molar-refractivity contribution >= 4 is 33.4 Å². The molecule has 0 fully saturated rings. The van der Waals surface area contributed by atoms with Gasteiger partial charge in [-0.05, 0) is 43.7 Å². The summed E-state index contributed by atoms with van der Waals surface area (Å²) in [6, 6.07) is 5.61. The van der Waals surface area contributed by atoms with Crippen LogP contribution in [-0.2, 0) is 9.59 Å². The van der Waals surface area contributed by atoms with Gasteiger partial charge in [0.15, 0.2) is 0 Å². The highest BCUT2D eigenvalue weighted by atomic mass is 79.9. The maximum atomic E-state index is 11.9. The maximum Gasteiger partial charge on any atom is 0.243 e. The van der Waals surface area contributed by atoms with E-state index in [-0.39, 0.29) is 18.4 Å². The second-order valence-electron chi connectivity index (χ2n) is 4.65. The Bertz CT molecular complexity index is 491. The van der Waals surface area contributed by atoms with Crippen LogP contribution >= 0.6 is 15.9 Å². The second-order valence-corrected chi connectivity index (χ2v) is 5.57. The molecule has 1 aromatic carbocycles. The van der Waals surface area contributed by atoms with Crippen LogP contribution in [0.2, 0.25) is 0 Å². The molecule has 0 aliphatic carbocycles. The van der Waals surface area contributed by atoms with Gasteiger partial charge in [-0.25, -0.2) is 0 Å². The predicted molar refractivity (Wildman–Crippen MR) is 83.4 cm³/mol. The standard InChI is InChI=1S/C14H20BrN3O2/c1-10-8-11(15)5-6-12(10)17-13(19)9-18(2)14(20)4-3-7-16/h5-6,8H,3-4,7,9,16H2,1-2H3,(H,17,19). The number of aryl methyl sites for hydroxylation is 1. The molecular weight excluding hydrogens is 322 g/mol. The third-order valence-electron chi connectivity index (χ3n) is 2.86. The van der Waals surface area contributed by atoms with E-state index in [9.17, 15) is 9.59 Å². The van der Waals surface area contributed by atoms with Crippen LogP contribution in [0.15, 0.2) is 22.7 Å². The van der Waals surface area contributed by atoms with Crippen LogP contribution in [0.1, 0.15) is 18.4 Å². The minimum atomic E-state index is -0.209. The van der Waals surface area contributed by atoms with Crippen molar-refractivity contribution in [2.75, 3.05) is 25.5 Å². The third-order valence-corrected chi connectivity index (χ3v) is 3.36. The van der Waals surface area contributed by atoms with E-state index in [1.54, 1.807) is 7.05 Å². The van der Waals surface area contributed by atoms with Gasteiger partial charge in [0, 0.05) is 23.6 Å². The first-order chi connectivity index (χ1) is 9.43. The van der Waals surface area contributed by atoms with Crippen molar-refractivity contribution in [3.63, 3.8) is 0 Å². The molecule has 0 atom stereocenters. The predicted octanol–water partition coefficient (Wildman–Crippen LogP) is 1.89. The van der Waals surface area contributed by atoms with Gasteiger partial charge in [0.05, 0.1) is 6.54 Å². The molecule has 5 nitrogen and oxygen atoms in total. The number of hydrogen-bond donors (Lipinski definition) is 2. The quantitative estimate of drug-likeness (QED) is 0.829. The summed E-state index contributed by atoms with van der Waals surface area (Å²) in [5, 5.41) is 2.80. The van der Waals surface area contributed by atoms with Crippen LogP contribution in [0.25, 0.3) is 0 Å². The summed E-state index contributed by atoms with van der Waals surface area (Å²) in [4.78, 5) is 25.0. The van der Waals surface area contributed by atoms with Gasteiger partial charge in [0.2, 0.25) is 11.8 Å². The number of carbonyl (C=O) groups excluding carboxylic acids is 2. The van der Waals surface area contributed by atoms with Gasteiger partial charge in [0.1, 0.15) is 0 Å². The lowest BCUT2D eigenvalue weighted by atomic mass is 10.2. The van der Waals surface area contributed by atoms with E-state index in [2.05, 4.69) is 21.2 Å². The first-order valence-electron chi connectivity index (χ1n) is 6.44. The smallest absolute Gasteiger partial charge is 0.243 e. The van der Waals surface area contributed by atoms with E-state index in [0.717, 1.165) is 15.7 Å². The Labute approximate surface area is 127 Å². The highest BCUT2D eigenvalue weighted by Gasteiger charge is 2.13. The summed E-state index contributed by atoms with van der Waals surface area (Å²) in [6.07, 6.45) is 1.01. The van der Waals surface area contributed by atoms with Gasteiger partial charge in [-0.2, -0.15) is 0 Å². The molecule has 0 aliphatic rings. The molecular formula is C14H20BrN3O2. The third kappa shape index (κ3) is 5.30. The van der Waals surface area contributed by atoms with E-state index in [4.69, 9.17) is 5.73 Å². The minimum Gasteiger partial charge on any atom is -0.336 e. The largest absolute Gasteiger partial charge is 0.336 e. The summed E-state index contributed by atoms with van der Waals surface area (Å²) in [5.41, 5.74) is 7.07. The second kappa shape index (κ2) is 8.01. The van der Waals surface area contributed by atoms with Crippen LogP contribution in [0.3, 0.4) is 0 Å². The molecule has 20 heavy (non-hydrogen) atoms. The van der Waals surface area contributed by atoms with Crippen molar-refractivity contribution < 1.29 is 9.59 Å². The van der Waals surface area contributed by atoms with Crippen molar-refractivity contribution in [2.45, 2.75) is 19.8 Å². The zero-order valence-electron chi connectivity index (χ0n) is 11.8. The fourth-order valence-corrected chi connectivity index (χ4v) is 2.18. The molecule has 0 aromatic heterocycles. The molecule has 1 rings (SSSR count). The van der Waals surface area contributed by atoms with Gasteiger partial charge in [-0.3, -0.25) is 9.59 Å². The lowest BCUT2D eigenvalue weighted by Crippen LogP contribution is -2.35. The molecule has 1 aromatic rings. The Kier molecular flexibility index (Phi) is 6.67. The zero-order chi connectivity index (χ0) is 15.1. The molecule has 0 spiro atoms. The zero-order valence-corrected chi connectivity index (χ0v) is 13.4. The maximum absolute atomic E-state index is 11.9. The number of nitrogens with two attached hydrogens (primary N) is 1. The van der Waals surface area contributed by atoms with Gasteiger partial charge in [0.25, 0.3) is 0 Å². The van der Waals surface area contributed by atoms with Crippen LogP contribution in [0.5, 0.6) is 0 Å². The Hall–Kier alpha value is -1.40. The molecule has 0 radical (unpaired) electrons. The number of nitrogens with one attached hydrogen (secondary N) is 1. The van der Waals surface area contributed by atoms with Crippen molar-refractivity contribution in [1.82, 2.24) is 4.90 Å². The van der Waals surface area contributed by atoms with Crippen LogP contribution < -0.4 is 11.1 Å². The van der Waals surface area contributed by atoms with Crippen LogP contribution in [0.4, 0.5) is 5.69 Å². The first kappa shape index (κ1) is 16.7.